The first kappa shape index (κ1) is 15.0. The van der Waals surface area contributed by atoms with Gasteiger partial charge in [-0.15, -0.1) is 0 Å². The van der Waals surface area contributed by atoms with Crippen LogP contribution < -0.4 is 34.9 Å². The van der Waals surface area contributed by atoms with E-state index >= 15 is 0 Å². The van der Waals surface area contributed by atoms with E-state index in [1.807, 2.05) is 0 Å². The third-order valence-electron chi connectivity index (χ3n) is 1.93. The number of imide groups is 1. The Morgan fingerprint density at radius 2 is 2.00 bits per heavy atom. The Kier molecular flexibility index (Phi) is 5.42. The number of nitrogens with one attached hydrogen (secondary N) is 1. The average molecular weight is 242 g/mol. The molecule has 0 aliphatic carbocycles. The second-order valence-corrected chi connectivity index (χ2v) is 4.54. The van der Waals surface area contributed by atoms with E-state index in [1.165, 1.54) is 0 Å². The first-order chi connectivity index (χ1) is 6.34. The molecule has 0 aromatic heterocycles. The average Bonchev–Trinajstić information content (AvgIpc) is 2.19. The molecule has 1 N–H and O–H groups in total. The minimum Gasteiger partial charge on any atom is -0.772 e. The van der Waals surface area contributed by atoms with Crippen LogP contribution in [0.2, 0.25) is 0 Å². The largest absolute Gasteiger partial charge is 1.00 e. The second-order valence-electron chi connectivity index (χ2n) is 3.52. The van der Waals surface area contributed by atoms with Crippen molar-refractivity contribution in [2.24, 2.45) is 0 Å². The molecule has 1 unspecified atom stereocenters. The summed E-state index contributed by atoms with van der Waals surface area (Å²) in [4.78, 5) is 23.6. The van der Waals surface area contributed by atoms with Gasteiger partial charge in [0.05, 0.1) is 0 Å². The van der Waals surface area contributed by atoms with Gasteiger partial charge in [-0.25, -0.2) is 4.79 Å². The van der Waals surface area contributed by atoms with Crippen LogP contribution in [0.5, 0.6) is 0 Å². The van der Waals surface area contributed by atoms with Crippen molar-refractivity contribution in [1.29, 1.82) is 0 Å². The van der Waals surface area contributed by atoms with E-state index in [0.717, 1.165) is 4.90 Å². The summed E-state index contributed by atoms with van der Waals surface area (Å²) < 4.78 is 20.5. The molecule has 1 heterocycles. The summed E-state index contributed by atoms with van der Waals surface area (Å²) in [7, 11) is 0. The molecule has 1 rings (SSSR count). The van der Waals surface area contributed by atoms with Gasteiger partial charge < -0.3 is 9.87 Å². The Balaban J connectivity index is 0.00000196. The van der Waals surface area contributed by atoms with Crippen LogP contribution in [-0.4, -0.2) is 43.4 Å². The molecule has 1 aliphatic heterocycles. The maximum atomic E-state index is 11.5. The van der Waals surface area contributed by atoms with Crippen LogP contribution in [0.25, 0.3) is 0 Å². The molecule has 0 aromatic rings. The van der Waals surface area contributed by atoms with Crippen molar-refractivity contribution in [2.75, 3.05) is 12.3 Å². The summed E-state index contributed by atoms with van der Waals surface area (Å²) in [6.45, 7) is 3.05. The zero-order chi connectivity index (χ0) is 10.9. The Bertz CT molecular complexity index is 307. The van der Waals surface area contributed by atoms with Crippen LogP contribution in [0.3, 0.4) is 0 Å². The smallest absolute Gasteiger partial charge is 0.772 e. The number of rotatable bonds is 3. The molecule has 1 aliphatic rings. The fraction of sp³-hybridized carbons (Fsp3) is 0.714. The summed E-state index contributed by atoms with van der Waals surface area (Å²) in [6.07, 6.45) is 0. The van der Waals surface area contributed by atoms with Gasteiger partial charge in [-0.1, -0.05) is 11.1 Å². The van der Waals surface area contributed by atoms with Crippen molar-refractivity contribution < 1.29 is 47.9 Å². The number of hydrogen-bond acceptors (Lipinski definition) is 4. The van der Waals surface area contributed by atoms with Crippen molar-refractivity contribution in [2.45, 2.75) is 19.4 Å². The number of carbonyl (C=O) groups is 2. The summed E-state index contributed by atoms with van der Waals surface area (Å²) in [6, 6.07) is -0.537. The van der Waals surface area contributed by atoms with Crippen molar-refractivity contribution >= 4 is 23.0 Å². The summed E-state index contributed by atoms with van der Waals surface area (Å²) in [5.74, 6) is -0.622. The molecular formula is C7H11N2NaO4S. The Labute approximate surface area is 112 Å². The van der Waals surface area contributed by atoms with Gasteiger partial charge in [0.2, 0.25) is 0 Å². The van der Waals surface area contributed by atoms with Gasteiger partial charge in [-0.2, -0.15) is 0 Å². The molecule has 1 fully saturated rings. The minimum atomic E-state index is -2.24. The van der Waals surface area contributed by atoms with Gasteiger partial charge in [-0.3, -0.25) is 13.9 Å². The zero-order valence-corrected chi connectivity index (χ0v) is 11.7. The number of nitrogens with zero attached hydrogens (tertiary/aromatic N) is 1. The van der Waals surface area contributed by atoms with E-state index in [1.54, 1.807) is 13.8 Å². The van der Waals surface area contributed by atoms with Crippen molar-refractivity contribution in [3.63, 3.8) is 0 Å². The van der Waals surface area contributed by atoms with E-state index in [4.69, 9.17) is 0 Å². The Hall–Kier alpha value is 0.0500. The third kappa shape index (κ3) is 3.53. The number of urea groups is 1. The van der Waals surface area contributed by atoms with Crippen LogP contribution >= 0.6 is 0 Å². The van der Waals surface area contributed by atoms with E-state index in [0.29, 0.717) is 0 Å². The van der Waals surface area contributed by atoms with Crippen molar-refractivity contribution in [3.8, 4) is 0 Å². The van der Waals surface area contributed by atoms with Gasteiger partial charge in [0.15, 0.2) is 0 Å². The minimum absolute atomic E-state index is 0. The number of carbonyl (C=O) groups excluding carboxylic acids is 2. The molecule has 0 bridgehead atoms. The fourth-order valence-corrected chi connectivity index (χ4v) is 1.52. The zero-order valence-electron chi connectivity index (χ0n) is 8.90. The maximum Gasteiger partial charge on any atom is 1.00 e. The molecule has 1 saturated heterocycles. The molecule has 1 atom stereocenters. The Morgan fingerprint density at radius 1 is 1.47 bits per heavy atom. The molecular weight excluding hydrogens is 231 g/mol. The monoisotopic (exact) mass is 242 g/mol. The van der Waals surface area contributed by atoms with E-state index in [2.05, 4.69) is 5.32 Å². The molecule has 0 radical (unpaired) electrons. The second kappa shape index (κ2) is 5.40. The van der Waals surface area contributed by atoms with Crippen molar-refractivity contribution in [1.82, 2.24) is 10.2 Å². The van der Waals surface area contributed by atoms with Crippen LogP contribution in [-0.2, 0) is 15.9 Å². The number of amides is 3. The third-order valence-corrected chi connectivity index (χ3v) is 2.44. The van der Waals surface area contributed by atoms with Crippen LogP contribution in [0.15, 0.2) is 0 Å². The molecule has 6 nitrogen and oxygen atoms in total. The topological polar surface area (TPSA) is 89.5 Å². The molecule has 15 heavy (non-hydrogen) atoms. The van der Waals surface area contributed by atoms with Gasteiger partial charge in [0.25, 0.3) is 5.91 Å². The van der Waals surface area contributed by atoms with E-state index in [-0.39, 0.29) is 41.9 Å². The molecule has 0 aromatic carbocycles. The van der Waals surface area contributed by atoms with Gasteiger partial charge in [0.1, 0.15) is 5.54 Å². The summed E-state index contributed by atoms with van der Waals surface area (Å²) >= 11 is -2.24. The fourth-order valence-electron chi connectivity index (χ4n) is 1.19. The van der Waals surface area contributed by atoms with Gasteiger partial charge in [-0.05, 0) is 13.8 Å². The van der Waals surface area contributed by atoms with E-state index in [9.17, 15) is 18.4 Å². The molecule has 3 amide bonds. The standard InChI is InChI=1S/C7H12N2O4S.Na/c1-7(2)5(10)9(6(11)8-7)3-4-14(12)13;/h3-4H2,1-2H3,(H,8,11)(H,12,13);/q;+1/p-1. The molecule has 0 saturated carbocycles. The quantitative estimate of drug-likeness (QED) is 0.312. The van der Waals surface area contributed by atoms with Crippen LogP contribution in [0.4, 0.5) is 4.79 Å². The Morgan fingerprint density at radius 3 is 2.33 bits per heavy atom. The number of hydrogen-bond donors (Lipinski definition) is 1. The molecule has 0 spiro atoms. The predicted octanol–water partition coefficient (Wildman–Crippen LogP) is -3.80. The van der Waals surface area contributed by atoms with Gasteiger partial charge in [0, 0.05) is 12.3 Å². The van der Waals surface area contributed by atoms with Crippen LogP contribution in [0.1, 0.15) is 13.8 Å². The molecule has 80 valence electrons. The van der Waals surface area contributed by atoms with E-state index < -0.39 is 28.6 Å². The summed E-state index contributed by atoms with van der Waals surface area (Å²) in [5, 5.41) is 2.45. The maximum absolute atomic E-state index is 11.5. The molecule has 8 heteroatoms. The van der Waals surface area contributed by atoms with Crippen molar-refractivity contribution in [3.05, 3.63) is 0 Å². The van der Waals surface area contributed by atoms with Gasteiger partial charge >= 0.3 is 35.6 Å². The first-order valence-electron chi connectivity index (χ1n) is 4.04. The predicted molar refractivity (Wildman–Crippen MR) is 48.1 cm³/mol. The SMILES string of the molecule is CC1(C)NC(=O)N(CCS(=O)[O-])C1=O.[Na+]. The summed E-state index contributed by atoms with van der Waals surface area (Å²) in [5.41, 5.74) is -0.929. The van der Waals surface area contributed by atoms with Crippen LogP contribution in [0, 0.1) is 0 Å². The normalized spacial score (nSPS) is 20.9. The first-order valence-corrected chi connectivity index (χ1v) is 5.29.